The van der Waals surface area contributed by atoms with Crippen LogP contribution in [0, 0.1) is 0 Å². The minimum atomic E-state index is -0.765. The molecule has 1 saturated heterocycles. The predicted octanol–water partition coefficient (Wildman–Crippen LogP) is -1.46. The highest BCUT2D eigenvalue weighted by Gasteiger charge is 2.27. The van der Waals surface area contributed by atoms with E-state index >= 15 is 0 Å². The molecule has 0 saturated carbocycles. The number of hydrogen-bond donors (Lipinski definition) is 5. The van der Waals surface area contributed by atoms with E-state index < -0.39 is 12.2 Å². The van der Waals surface area contributed by atoms with Crippen LogP contribution in [0.25, 0.3) is 0 Å². The first-order chi connectivity index (χ1) is 7.17. The Labute approximate surface area is 88.9 Å². The van der Waals surface area contributed by atoms with Crippen LogP contribution in [0.1, 0.15) is 19.3 Å². The molecule has 0 radical (unpaired) electrons. The third-order valence-electron chi connectivity index (χ3n) is 2.57. The monoisotopic (exact) mass is 217 g/mol. The standard InChI is InChI=1S/C9H19N3O3/c10-4-6(12-11)1-2-7-3-8(13)9(14)5-15-7/h4,7-9,12-14H,1-3,5,10-11H2/b6-4-. The zero-order valence-electron chi connectivity index (χ0n) is 8.60. The Kier molecular flexibility index (Phi) is 4.83. The minimum Gasteiger partial charge on any atom is -0.403 e. The summed E-state index contributed by atoms with van der Waals surface area (Å²) in [5.74, 6) is 5.22. The molecular formula is C9H19N3O3. The second-order valence-corrected chi connectivity index (χ2v) is 3.70. The fraction of sp³-hybridized carbons (Fsp3) is 0.778. The summed E-state index contributed by atoms with van der Waals surface area (Å²) >= 11 is 0. The fourth-order valence-electron chi connectivity index (χ4n) is 1.56. The van der Waals surface area contributed by atoms with E-state index in [9.17, 15) is 10.2 Å². The lowest BCUT2D eigenvalue weighted by atomic mass is 10.00. The van der Waals surface area contributed by atoms with Gasteiger partial charge in [0.05, 0.1) is 18.8 Å². The quantitative estimate of drug-likeness (QED) is 0.290. The number of ether oxygens (including phenoxy) is 1. The second kappa shape index (κ2) is 5.92. The largest absolute Gasteiger partial charge is 0.403 e. The Hall–Kier alpha value is -0.820. The molecule has 7 N–H and O–H groups in total. The number of hydrazine groups is 1. The van der Waals surface area contributed by atoms with Gasteiger partial charge in [-0.15, -0.1) is 0 Å². The number of rotatable bonds is 4. The number of allylic oxidation sites excluding steroid dienone is 1. The van der Waals surface area contributed by atoms with Crippen molar-refractivity contribution in [1.29, 1.82) is 0 Å². The summed E-state index contributed by atoms with van der Waals surface area (Å²) in [6.07, 6.45) is 1.74. The minimum absolute atomic E-state index is 0.0494. The van der Waals surface area contributed by atoms with Gasteiger partial charge in [0.1, 0.15) is 6.10 Å². The average Bonchev–Trinajstić information content (AvgIpc) is 2.24. The van der Waals surface area contributed by atoms with Gasteiger partial charge in [-0.05, 0) is 12.8 Å². The summed E-state index contributed by atoms with van der Waals surface area (Å²) in [6, 6.07) is 0. The normalized spacial score (nSPS) is 32.7. The van der Waals surface area contributed by atoms with Crippen molar-refractivity contribution in [2.75, 3.05) is 6.61 Å². The molecular weight excluding hydrogens is 198 g/mol. The first-order valence-electron chi connectivity index (χ1n) is 5.02. The van der Waals surface area contributed by atoms with Crippen LogP contribution in [0.5, 0.6) is 0 Å². The Bertz CT molecular complexity index is 223. The third-order valence-corrected chi connectivity index (χ3v) is 2.57. The first kappa shape index (κ1) is 12.3. The molecule has 1 rings (SSSR count). The lowest BCUT2D eigenvalue weighted by molar-refractivity contribution is -0.122. The maximum Gasteiger partial charge on any atom is 0.103 e. The summed E-state index contributed by atoms with van der Waals surface area (Å²) in [4.78, 5) is 0. The number of hydrogen-bond acceptors (Lipinski definition) is 6. The molecule has 1 heterocycles. The number of aliphatic hydroxyl groups excluding tert-OH is 2. The molecule has 0 bridgehead atoms. The summed E-state index contributed by atoms with van der Waals surface area (Å²) in [5, 5.41) is 18.6. The van der Waals surface area contributed by atoms with E-state index in [2.05, 4.69) is 5.43 Å². The van der Waals surface area contributed by atoms with E-state index in [4.69, 9.17) is 16.3 Å². The van der Waals surface area contributed by atoms with E-state index in [-0.39, 0.29) is 12.7 Å². The molecule has 1 aliphatic heterocycles. The SMILES string of the molecule is N/C=C(/CCC1CC(O)C(O)CO1)NN. The van der Waals surface area contributed by atoms with Crippen molar-refractivity contribution in [3.8, 4) is 0 Å². The lowest BCUT2D eigenvalue weighted by Crippen LogP contribution is -2.41. The Balaban J connectivity index is 2.28. The fourth-order valence-corrected chi connectivity index (χ4v) is 1.56. The lowest BCUT2D eigenvalue weighted by Gasteiger charge is -2.30. The molecule has 6 nitrogen and oxygen atoms in total. The van der Waals surface area contributed by atoms with Crippen LogP contribution in [0.2, 0.25) is 0 Å². The first-order valence-corrected chi connectivity index (χ1v) is 5.02. The molecule has 1 fully saturated rings. The maximum atomic E-state index is 9.42. The molecule has 15 heavy (non-hydrogen) atoms. The van der Waals surface area contributed by atoms with Gasteiger partial charge in [0.25, 0.3) is 0 Å². The zero-order valence-corrected chi connectivity index (χ0v) is 8.60. The molecule has 6 heteroatoms. The summed E-state index contributed by atoms with van der Waals surface area (Å²) in [5.41, 5.74) is 8.53. The van der Waals surface area contributed by atoms with Crippen LogP contribution in [0.3, 0.4) is 0 Å². The van der Waals surface area contributed by atoms with Crippen molar-refractivity contribution < 1.29 is 14.9 Å². The van der Waals surface area contributed by atoms with Crippen LogP contribution < -0.4 is 17.0 Å². The maximum absolute atomic E-state index is 9.42. The van der Waals surface area contributed by atoms with Crippen LogP contribution in [-0.2, 0) is 4.74 Å². The third kappa shape index (κ3) is 3.67. The van der Waals surface area contributed by atoms with Crippen LogP contribution >= 0.6 is 0 Å². The van der Waals surface area contributed by atoms with Crippen LogP contribution in [-0.4, -0.2) is 35.1 Å². The molecule has 0 aromatic heterocycles. The second-order valence-electron chi connectivity index (χ2n) is 3.70. The molecule has 0 amide bonds. The molecule has 3 atom stereocenters. The summed E-state index contributed by atoms with van der Waals surface area (Å²) < 4.78 is 5.35. The Morgan fingerprint density at radius 3 is 2.73 bits per heavy atom. The Morgan fingerprint density at radius 2 is 2.20 bits per heavy atom. The predicted molar refractivity (Wildman–Crippen MR) is 55.2 cm³/mol. The van der Waals surface area contributed by atoms with Crippen LogP contribution in [0.15, 0.2) is 11.9 Å². The number of nitrogens with two attached hydrogens (primary N) is 2. The van der Waals surface area contributed by atoms with E-state index in [1.807, 2.05) is 0 Å². The molecule has 0 spiro atoms. The van der Waals surface area contributed by atoms with E-state index in [1.165, 1.54) is 6.20 Å². The van der Waals surface area contributed by atoms with Gasteiger partial charge in [-0.25, -0.2) is 0 Å². The van der Waals surface area contributed by atoms with Crippen molar-refractivity contribution in [2.45, 2.75) is 37.6 Å². The van der Waals surface area contributed by atoms with Gasteiger partial charge in [0, 0.05) is 18.3 Å². The van der Waals surface area contributed by atoms with Crippen molar-refractivity contribution >= 4 is 0 Å². The van der Waals surface area contributed by atoms with Gasteiger partial charge in [0.15, 0.2) is 0 Å². The van der Waals surface area contributed by atoms with Gasteiger partial charge in [-0.1, -0.05) is 0 Å². The van der Waals surface area contributed by atoms with Crippen molar-refractivity contribution in [2.24, 2.45) is 11.6 Å². The zero-order chi connectivity index (χ0) is 11.3. The Morgan fingerprint density at radius 1 is 1.47 bits per heavy atom. The smallest absolute Gasteiger partial charge is 0.103 e. The van der Waals surface area contributed by atoms with E-state index in [0.29, 0.717) is 12.8 Å². The molecule has 88 valence electrons. The van der Waals surface area contributed by atoms with Gasteiger partial charge in [-0.2, -0.15) is 0 Å². The van der Waals surface area contributed by atoms with Gasteiger partial charge in [-0.3, -0.25) is 5.84 Å². The molecule has 1 aliphatic rings. The van der Waals surface area contributed by atoms with Crippen molar-refractivity contribution in [3.05, 3.63) is 11.9 Å². The number of nitrogens with one attached hydrogen (secondary N) is 1. The average molecular weight is 217 g/mol. The summed E-state index contributed by atoms with van der Waals surface area (Å²) in [6.45, 7) is 0.184. The van der Waals surface area contributed by atoms with Gasteiger partial charge in [0.2, 0.25) is 0 Å². The van der Waals surface area contributed by atoms with Crippen LogP contribution in [0.4, 0.5) is 0 Å². The van der Waals surface area contributed by atoms with Gasteiger partial charge >= 0.3 is 0 Å². The van der Waals surface area contributed by atoms with Crippen molar-refractivity contribution in [1.82, 2.24) is 5.43 Å². The molecule has 3 unspecified atom stereocenters. The molecule has 0 aromatic carbocycles. The highest BCUT2D eigenvalue weighted by molar-refractivity contribution is 4.95. The highest BCUT2D eigenvalue weighted by atomic mass is 16.5. The van der Waals surface area contributed by atoms with Crippen molar-refractivity contribution in [3.63, 3.8) is 0 Å². The van der Waals surface area contributed by atoms with Gasteiger partial charge < -0.3 is 26.1 Å². The number of aliphatic hydroxyl groups is 2. The van der Waals surface area contributed by atoms with E-state index in [0.717, 1.165) is 12.1 Å². The molecule has 0 aromatic rings. The summed E-state index contributed by atoms with van der Waals surface area (Å²) in [7, 11) is 0. The van der Waals surface area contributed by atoms with E-state index in [1.54, 1.807) is 0 Å². The highest BCUT2D eigenvalue weighted by Crippen LogP contribution is 2.19. The topological polar surface area (TPSA) is 114 Å². The molecule has 0 aliphatic carbocycles.